The molecule has 2 N–H and O–H groups in total. The summed E-state index contributed by atoms with van der Waals surface area (Å²) in [6.07, 6.45) is 1.86. The topological polar surface area (TPSA) is 61.4 Å². The summed E-state index contributed by atoms with van der Waals surface area (Å²) in [7, 11) is 0. The van der Waals surface area contributed by atoms with Gasteiger partial charge in [0, 0.05) is 30.9 Å². The third-order valence-electron chi connectivity index (χ3n) is 3.58. The van der Waals surface area contributed by atoms with E-state index in [0.717, 1.165) is 30.6 Å². The number of hydrogen-bond donors (Lipinski definition) is 2. The molecule has 0 atom stereocenters. The Balaban J connectivity index is 2.12. The van der Waals surface area contributed by atoms with Crippen molar-refractivity contribution in [1.29, 1.82) is 0 Å². The first-order valence-corrected chi connectivity index (χ1v) is 7.52. The monoisotopic (exact) mass is 289 g/mol. The first-order chi connectivity index (χ1) is 10.1. The summed E-state index contributed by atoms with van der Waals surface area (Å²) < 4.78 is 0. The molecule has 0 spiro atoms. The minimum absolute atomic E-state index is 0.0633. The van der Waals surface area contributed by atoms with Crippen LogP contribution in [0.5, 0.6) is 0 Å². The molecular formula is C16H23N3O2. The van der Waals surface area contributed by atoms with Gasteiger partial charge in [0.25, 0.3) is 5.91 Å². The first-order valence-electron chi connectivity index (χ1n) is 7.52. The average molecular weight is 289 g/mol. The Morgan fingerprint density at radius 3 is 2.95 bits per heavy atom. The number of hydrogen-bond acceptors (Lipinski definition) is 3. The maximum atomic E-state index is 12.6. The fraction of sp³-hybridized carbons (Fsp3) is 0.500. The number of carbonyl (C=O) groups is 2. The molecule has 0 bridgehead atoms. The van der Waals surface area contributed by atoms with E-state index in [2.05, 4.69) is 17.6 Å². The largest absolute Gasteiger partial charge is 0.385 e. The summed E-state index contributed by atoms with van der Waals surface area (Å²) in [4.78, 5) is 25.8. The SMILES string of the molecule is CCCNc1ccc(C(=O)N2CCCNC(=O)C2)c(C)c1. The second kappa shape index (κ2) is 7.11. The van der Waals surface area contributed by atoms with Crippen molar-refractivity contribution in [3.05, 3.63) is 29.3 Å². The maximum absolute atomic E-state index is 12.6. The quantitative estimate of drug-likeness (QED) is 0.888. The zero-order valence-electron chi connectivity index (χ0n) is 12.7. The van der Waals surface area contributed by atoms with Crippen LogP contribution < -0.4 is 10.6 Å². The highest BCUT2D eigenvalue weighted by Crippen LogP contribution is 2.17. The summed E-state index contributed by atoms with van der Waals surface area (Å²) in [6.45, 7) is 6.37. The number of aryl methyl sites for hydroxylation is 1. The van der Waals surface area contributed by atoms with Crippen LogP contribution in [0.15, 0.2) is 18.2 Å². The van der Waals surface area contributed by atoms with Crippen LogP contribution >= 0.6 is 0 Å². The highest BCUT2D eigenvalue weighted by atomic mass is 16.2. The zero-order valence-corrected chi connectivity index (χ0v) is 12.7. The van der Waals surface area contributed by atoms with E-state index in [4.69, 9.17) is 0 Å². The van der Waals surface area contributed by atoms with E-state index in [9.17, 15) is 9.59 Å². The molecular weight excluding hydrogens is 266 g/mol. The number of anilines is 1. The van der Waals surface area contributed by atoms with Gasteiger partial charge in [-0.1, -0.05) is 6.92 Å². The van der Waals surface area contributed by atoms with Crippen LogP contribution in [0, 0.1) is 6.92 Å². The minimum Gasteiger partial charge on any atom is -0.385 e. The molecule has 2 rings (SSSR count). The molecule has 0 saturated carbocycles. The Morgan fingerprint density at radius 1 is 1.43 bits per heavy atom. The summed E-state index contributed by atoms with van der Waals surface area (Å²) >= 11 is 0. The van der Waals surface area contributed by atoms with Crippen LogP contribution in [0.3, 0.4) is 0 Å². The molecule has 21 heavy (non-hydrogen) atoms. The number of rotatable bonds is 4. The molecule has 2 amide bonds. The molecule has 1 heterocycles. The lowest BCUT2D eigenvalue weighted by molar-refractivity contribution is -0.121. The first kappa shape index (κ1) is 15.4. The lowest BCUT2D eigenvalue weighted by atomic mass is 10.1. The van der Waals surface area contributed by atoms with Crippen molar-refractivity contribution in [2.45, 2.75) is 26.7 Å². The molecule has 1 aromatic carbocycles. The molecule has 5 nitrogen and oxygen atoms in total. The zero-order chi connectivity index (χ0) is 15.2. The van der Waals surface area contributed by atoms with Gasteiger partial charge in [0.2, 0.25) is 5.91 Å². The van der Waals surface area contributed by atoms with Crippen LogP contribution in [0.1, 0.15) is 35.7 Å². The highest BCUT2D eigenvalue weighted by molar-refractivity contribution is 5.98. The van der Waals surface area contributed by atoms with E-state index in [1.54, 1.807) is 4.90 Å². The van der Waals surface area contributed by atoms with Gasteiger partial charge in [0.15, 0.2) is 0 Å². The Hall–Kier alpha value is -2.04. The second-order valence-electron chi connectivity index (χ2n) is 5.39. The molecule has 1 saturated heterocycles. The van der Waals surface area contributed by atoms with Gasteiger partial charge in [-0.05, 0) is 43.5 Å². The van der Waals surface area contributed by atoms with Crippen molar-refractivity contribution in [2.24, 2.45) is 0 Å². The van der Waals surface area contributed by atoms with E-state index >= 15 is 0 Å². The van der Waals surface area contributed by atoms with Gasteiger partial charge in [0.05, 0.1) is 6.54 Å². The molecule has 1 aliphatic heterocycles. The van der Waals surface area contributed by atoms with E-state index in [-0.39, 0.29) is 18.4 Å². The normalized spacial score (nSPS) is 15.3. The number of nitrogens with zero attached hydrogens (tertiary/aromatic N) is 1. The van der Waals surface area contributed by atoms with Gasteiger partial charge >= 0.3 is 0 Å². The number of nitrogens with one attached hydrogen (secondary N) is 2. The van der Waals surface area contributed by atoms with E-state index in [0.29, 0.717) is 18.7 Å². The Bertz CT molecular complexity index is 528. The molecule has 5 heteroatoms. The van der Waals surface area contributed by atoms with Gasteiger partial charge in [-0.3, -0.25) is 9.59 Å². The predicted octanol–water partition coefficient (Wildman–Crippen LogP) is 1.78. The third kappa shape index (κ3) is 3.97. The standard InChI is InChI=1S/C16H23N3O2/c1-3-7-17-13-5-6-14(12(2)10-13)16(21)19-9-4-8-18-15(20)11-19/h5-6,10,17H,3-4,7-9,11H2,1-2H3,(H,18,20). The van der Waals surface area contributed by atoms with Gasteiger partial charge in [-0.25, -0.2) is 0 Å². The van der Waals surface area contributed by atoms with E-state index < -0.39 is 0 Å². The lowest BCUT2D eigenvalue weighted by Gasteiger charge is -2.20. The minimum atomic E-state index is -0.0836. The van der Waals surface area contributed by atoms with Crippen molar-refractivity contribution < 1.29 is 9.59 Å². The maximum Gasteiger partial charge on any atom is 0.254 e. The third-order valence-corrected chi connectivity index (χ3v) is 3.58. The molecule has 114 valence electrons. The average Bonchev–Trinajstić information content (AvgIpc) is 2.69. The summed E-state index contributed by atoms with van der Waals surface area (Å²) in [5.41, 5.74) is 2.64. The van der Waals surface area contributed by atoms with Gasteiger partial charge in [0.1, 0.15) is 0 Å². The summed E-state index contributed by atoms with van der Waals surface area (Å²) in [6, 6.07) is 5.76. The fourth-order valence-corrected chi connectivity index (χ4v) is 2.43. The lowest BCUT2D eigenvalue weighted by Crippen LogP contribution is -2.37. The van der Waals surface area contributed by atoms with Crippen LogP contribution in [-0.4, -0.2) is 42.9 Å². The van der Waals surface area contributed by atoms with Gasteiger partial charge in [-0.2, -0.15) is 0 Å². The van der Waals surface area contributed by atoms with Gasteiger partial charge < -0.3 is 15.5 Å². The molecule has 0 radical (unpaired) electrons. The molecule has 0 aliphatic carbocycles. The predicted molar refractivity (Wildman–Crippen MR) is 83.5 cm³/mol. The van der Waals surface area contributed by atoms with E-state index in [1.165, 1.54) is 0 Å². The molecule has 1 fully saturated rings. The second-order valence-corrected chi connectivity index (χ2v) is 5.39. The van der Waals surface area contributed by atoms with Crippen molar-refractivity contribution in [3.63, 3.8) is 0 Å². The van der Waals surface area contributed by atoms with Crippen molar-refractivity contribution >= 4 is 17.5 Å². The number of carbonyl (C=O) groups excluding carboxylic acids is 2. The fourth-order valence-electron chi connectivity index (χ4n) is 2.43. The van der Waals surface area contributed by atoms with Crippen molar-refractivity contribution in [2.75, 3.05) is 31.5 Å². The summed E-state index contributed by atoms with van der Waals surface area (Å²) in [5.74, 6) is -0.147. The van der Waals surface area contributed by atoms with Crippen LogP contribution in [-0.2, 0) is 4.79 Å². The molecule has 0 aromatic heterocycles. The van der Waals surface area contributed by atoms with Gasteiger partial charge in [-0.15, -0.1) is 0 Å². The Labute approximate surface area is 125 Å². The van der Waals surface area contributed by atoms with Crippen LogP contribution in [0.4, 0.5) is 5.69 Å². The Kier molecular flexibility index (Phi) is 5.20. The number of amides is 2. The summed E-state index contributed by atoms with van der Waals surface area (Å²) in [5, 5.41) is 6.09. The number of benzene rings is 1. The molecule has 0 unspecified atom stereocenters. The van der Waals surface area contributed by atoms with Crippen LogP contribution in [0.2, 0.25) is 0 Å². The molecule has 1 aliphatic rings. The van der Waals surface area contributed by atoms with Crippen LogP contribution in [0.25, 0.3) is 0 Å². The Morgan fingerprint density at radius 2 is 2.24 bits per heavy atom. The smallest absolute Gasteiger partial charge is 0.254 e. The highest BCUT2D eigenvalue weighted by Gasteiger charge is 2.22. The van der Waals surface area contributed by atoms with Crippen molar-refractivity contribution in [1.82, 2.24) is 10.2 Å². The van der Waals surface area contributed by atoms with E-state index in [1.807, 2.05) is 25.1 Å². The molecule has 1 aromatic rings. The van der Waals surface area contributed by atoms with Crippen molar-refractivity contribution in [3.8, 4) is 0 Å².